The summed E-state index contributed by atoms with van der Waals surface area (Å²) in [4.78, 5) is 11.4. The number of carbonyl (C=O) groups is 1. The number of nitrogens with one attached hydrogen (secondary N) is 1. The average Bonchev–Trinajstić information content (AvgIpc) is 2.46. The maximum absolute atomic E-state index is 11.4. The van der Waals surface area contributed by atoms with Gasteiger partial charge in [0.15, 0.2) is 5.78 Å². The molecule has 0 fully saturated rings. The third-order valence-corrected chi connectivity index (χ3v) is 3.01. The quantitative estimate of drug-likeness (QED) is 0.658. The van der Waals surface area contributed by atoms with Crippen LogP contribution in [0.2, 0.25) is 0 Å². The monoisotopic (exact) mass is 265 g/mol. The molecule has 0 aliphatic carbocycles. The highest BCUT2D eigenvalue weighted by Crippen LogP contribution is 2.19. The summed E-state index contributed by atoms with van der Waals surface area (Å²) in [5.74, 6) is -0.0514. The highest BCUT2D eigenvalue weighted by molar-refractivity contribution is 6.00. The van der Waals surface area contributed by atoms with E-state index in [0.29, 0.717) is 23.4 Å². The van der Waals surface area contributed by atoms with E-state index < -0.39 is 0 Å². The van der Waals surface area contributed by atoms with Gasteiger partial charge in [-0.2, -0.15) is 5.26 Å². The number of hydrogen-bond donors (Lipinski definition) is 2. The topological polar surface area (TPSA) is 78.9 Å². The Kier molecular flexibility index (Phi) is 4.02. The molecular weight excluding hydrogens is 250 g/mol. The molecule has 100 valence electrons. The minimum absolute atomic E-state index is 0.0514. The van der Waals surface area contributed by atoms with Crippen molar-refractivity contribution in [3.8, 4) is 6.07 Å². The summed E-state index contributed by atoms with van der Waals surface area (Å²) in [7, 11) is 0. The molecule has 0 saturated carbocycles. The maximum atomic E-state index is 11.4. The van der Waals surface area contributed by atoms with E-state index in [1.807, 2.05) is 18.2 Å². The van der Waals surface area contributed by atoms with Crippen LogP contribution in [0.5, 0.6) is 0 Å². The Morgan fingerprint density at radius 1 is 1.25 bits per heavy atom. The highest BCUT2D eigenvalue weighted by atomic mass is 16.1. The van der Waals surface area contributed by atoms with Gasteiger partial charge in [0.05, 0.1) is 11.6 Å². The summed E-state index contributed by atoms with van der Waals surface area (Å²) in [6.07, 6.45) is 0. The molecule has 3 N–H and O–H groups in total. The fourth-order valence-corrected chi connectivity index (χ4v) is 1.87. The Bertz CT molecular complexity index is 669. The van der Waals surface area contributed by atoms with Crippen LogP contribution < -0.4 is 11.1 Å². The molecule has 4 heteroatoms. The summed E-state index contributed by atoms with van der Waals surface area (Å²) < 4.78 is 0. The number of benzene rings is 2. The van der Waals surface area contributed by atoms with Crippen molar-refractivity contribution in [2.24, 2.45) is 0 Å². The number of nitrogen functional groups attached to an aromatic ring is 1. The predicted octanol–water partition coefficient (Wildman–Crippen LogP) is 2.96. The first-order chi connectivity index (χ1) is 9.60. The summed E-state index contributed by atoms with van der Waals surface area (Å²) in [6.45, 7) is 2.11. The normalized spacial score (nSPS) is 9.80. The van der Waals surface area contributed by atoms with Crippen LogP contribution in [0.15, 0.2) is 42.5 Å². The Morgan fingerprint density at radius 2 is 1.95 bits per heavy atom. The number of ketones is 1. The number of carbonyl (C=O) groups excluding carboxylic acids is 1. The summed E-state index contributed by atoms with van der Waals surface area (Å²) in [6, 6.07) is 14.7. The van der Waals surface area contributed by atoms with Gasteiger partial charge in [-0.15, -0.1) is 0 Å². The van der Waals surface area contributed by atoms with Crippen LogP contribution in [0.3, 0.4) is 0 Å². The first kappa shape index (κ1) is 13.6. The maximum Gasteiger partial charge on any atom is 0.161 e. The lowest BCUT2D eigenvalue weighted by Gasteiger charge is -2.09. The third kappa shape index (κ3) is 3.15. The van der Waals surface area contributed by atoms with Crippen molar-refractivity contribution >= 4 is 17.2 Å². The van der Waals surface area contributed by atoms with Gasteiger partial charge in [0, 0.05) is 23.5 Å². The molecule has 0 saturated heterocycles. The molecule has 0 aliphatic rings. The number of nitrogens with two attached hydrogens (primary N) is 1. The minimum atomic E-state index is -0.0514. The van der Waals surface area contributed by atoms with E-state index >= 15 is 0 Å². The van der Waals surface area contributed by atoms with Crippen molar-refractivity contribution in [3.05, 3.63) is 59.2 Å². The second kappa shape index (κ2) is 5.89. The van der Waals surface area contributed by atoms with Crippen molar-refractivity contribution in [2.75, 3.05) is 11.1 Å². The van der Waals surface area contributed by atoms with Gasteiger partial charge in [-0.25, -0.2) is 0 Å². The number of nitriles is 1. The molecule has 2 aromatic rings. The third-order valence-electron chi connectivity index (χ3n) is 3.01. The van der Waals surface area contributed by atoms with Crippen LogP contribution in [0.1, 0.15) is 28.4 Å². The van der Waals surface area contributed by atoms with E-state index in [-0.39, 0.29) is 5.78 Å². The van der Waals surface area contributed by atoms with Crippen molar-refractivity contribution in [3.63, 3.8) is 0 Å². The van der Waals surface area contributed by atoms with Crippen LogP contribution in [0.4, 0.5) is 11.4 Å². The molecule has 0 radical (unpaired) electrons. The predicted molar refractivity (Wildman–Crippen MR) is 79.3 cm³/mol. The molecule has 4 nitrogen and oxygen atoms in total. The largest absolute Gasteiger partial charge is 0.398 e. The SMILES string of the molecule is CC(=O)c1cc(NCc2ccc(C#N)cc2)ccc1N. The fraction of sp³-hybridized carbons (Fsp3) is 0.125. The Morgan fingerprint density at radius 3 is 2.55 bits per heavy atom. The highest BCUT2D eigenvalue weighted by Gasteiger charge is 2.05. The number of nitrogens with zero attached hydrogens (tertiary/aromatic N) is 1. The number of rotatable bonds is 4. The van der Waals surface area contributed by atoms with Crippen molar-refractivity contribution in [1.82, 2.24) is 0 Å². The molecule has 0 aliphatic heterocycles. The van der Waals surface area contributed by atoms with Crippen LogP contribution in [0, 0.1) is 11.3 Å². The molecule has 0 spiro atoms. The van der Waals surface area contributed by atoms with Gasteiger partial charge in [0.25, 0.3) is 0 Å². The van der Waals surface area contributed by atoms with Crippen LogP contribution in [-0.2, 0) is 6.54 Å². The molecular formula is C16H15N3O. The number of anilines is 2. The lowest BCUT2D eigenvalue weighted by molar-refractivity contribution is 0.101. The molecule has 20 heavy (non-hydrogen) atoms. The zero-order chi connectivity index (χ0) is 14.5. The van der Waals surface area contributed by atoms with E-state index in [9.17, 15) is 4.79 Å². The molecule has 0 atom stereocenters. The molecule has 2 aromatic carbocycles. The molecule has 0 heterocycles. The fourth-order valence-electron chi connectivity index (χ4n) is 1.87. The standard InChI is InChI=1S/C16H15N3O/c1-11(20)15-8-14(6-7-16(15)18)19-10-13-4-2-12(9-17)3-5-13/h2-8,19H,10,18H2,1H3. The summed E-state index contributed by atoms with van der Waals surface area (Å²) in [5, 5.41) is 12.0. The van der Waals surface area contributed by atoms with Gasteiger partial charge < -0.3 is 11.1 Å². The van der Waals surface area contributed by atoms with Gasteiger partial charge in [0.1, 0.15) is 0 Å². The average molecular weight is 265 g/mol. The van der Waals surface area contributed by atoms with Crippen molar-refractivity contribution in [2.45, 2.75) is 13.5 Å². The van der Waals surface area contributed by atoms with Crippen molar-refractivity contribution in [1.29, 1.82) is 5.26 Å². The smallest absolute Gasteiger partial charge is 0.161 e. The Labute approximate surface area is 117 Å². The van der Waals surface area contributed by atoms with E-state index in [2.05, 4.69) is 11.4 Å². The van der Waals surface area contributed by atoms with Gasteiger partial charge in [-0.1, -0.05) is 12.1 Å². The van der Waals surface area contributed by atoms with Crippen molar-refractivity contribution < 1.29 is 4.79 Å². The van der Waals surface area contributed by atoms with Gasteiger partial charge in [-0.05, 0) is 42.8 Å². The zero-order valence-corrected chi connectivity index (χ0v) is 11.2. The van der Waals surface area contributed by atoms with E-state index in [0.717, 1.165) is 11.3 Å². The van der Waals surface area contributed by atoms with Gasteiger partial charge >= 0.3 is 0 Å². The number of hydrogen-bond acceptors (Lipinski definition) is 4. The molecule has 0 aromatic heterocycles. The summed E-state index contributed by atoms with van der Waals surface area (Å²) in [5.41, 5.74) is 9.30. The lowest BCUT2D eigenvalue weighted by Crippen LogP contribution is -2.03. The van der Waals surface area contributed by atoms with E-state index in [1.54, 1.807) is 24.3 Å². The molecule has 2 rings (SSSR count). The second-order valence-electron chi connectivity index (χ2n) is 4.52. The van der Waals surface area contributed by atoms with Crippen LogP contribution in [-0.4, -0.2) is 5.78 Å². The van der Waals surface area contributed by atoms with Gasteiger partial charge in [0.2, 0.25) is 0 Å². The molecule has 0 bridgehead atoms. The minimum Gasteiger partial charge on any atom is -0.398 e. The van der Waals surface area contributed by atoms with Gasteiger partial charge in [-0.3, -0.25) is 4.79 Å². The summed E-state index contributed by atoms with van der Waals surface area (Å²) >= 11 is 0. The Balaban J connectivity index is 2.09. The van der Waals surface area contributed by atoms with Crippen LogP contribution in [0.25, 0.3) is 0 Å². The first-order valence-corrected chi connectivity index (χ1v) is 6.23. The van der Waals surface area contributed by atoms with Crippen LogP contribution >= 0.6 is 0 Å². The Hall–Kier alpha value is -2.80. The van der Waals surface area contributed by atoms with E-state index in [4.69, 9.17) is 11.0 Å². The molecule has 0 amide bonds. The first-order valence-electron chi connectivity index (χ1n) is 6.23. The zero-order valence-electron chi connectivity index (χ0n) is 11.2. The number of Topliss-reactive ketones (excluding diaryl/α,β-unsaturated/α-hetero) is 1. The molecule has 0 unspecified atom stereocenters. The van der Waals surface area contributed by atoms with E-state index in [1.165, 1.54) is 6.92 Å². The lowest BCUT2D eigenvalue weighted by atomic mass is 10.1. The second-order valence-corrected chi connectivity index (χ2v) is 4.52.